The Kier molecular flexibility index (Phi) is 4.38. The third-order valence-electron chi connectivity index (χ3n) is 1.02. The van der Waals surface area contributed by atoms with Crippen LogP contribution in [-0.2, 0) is 4.79 Å². The first-order chi connectivity index (χ1) is 5.78. The van der Waals surface area contributed by atoms with E-state index in [1.54, 1.807) is 5.32 Å². The van der Waals surface area contributed by atoms with E-state index in [1.165, 1.54) is 0 Å². The molecule has 0 unspecified atom stereocenters. The molecule has 0 heterocycles. The number of carbonyl (C=O) groups excluding carboxylic acids is 1. The number of carbonyl (C=O) groups is 1. The molecule has 0 fully saturated rings. The Morgan fingerprint density at radius 2 is 2.00 bits per heavy atom. The van der Waals surface area contributed by atoms with Crippen molar-refractivity contribution in [2.24, 2.45) is 0 Å². The molecule has 0 aromatic heterocycles. The SMILES string of the molecule is C=C(Br)CNC(=O)C(F)(F)C(F)F. The van der Waals surface area contributed by atoms with Crippen molar-refractivity contribution in [2.45, 2.75) is 12.3 Å². The second kappa shape index (κ2) is 4.59. The first-order valence-corrected chi connectivity index (χ1v) is 3.85. The lowest BCUT2D eigenvalue weighted by atomic mass is 10.3. The number of halogens is 5. The van der Waals surface area contributed by atoms with E-state index in [4.69, 9.17) is 0 Å². The van der Waals surface area contributed by atoms with Crippen LogP contribution in [0.25, 0.3) is 0 Å². The van der Waals surface area contributed by atoms with Gasteiger partial charge in [0, 0.05) is 11.0 Å². The van der Waals surface area contributed by atoms with E-state index >= 15 is 0 Å². The maximum absolute atomic E-state index is 12.2. The number of nitrogens with one attached hydrogen (secondary N) is 1. The first kappa shape index (κ1) is 12.4. The van der Waals surface area contributed by atoms with E-state index in [2.05, 4.69) is 22.5 Å². The fraction of sp³-hybridized carbons (Fsp3) is 0.500. The summed E-state index contributed by atoms with van der Waals surface area (Å²) in [5, 5.41) is 1.59. The minimum atomic E-state index is -4.65. The standard InChI is InChI=1S/C6H6BrF4NO/c1-3(7)2-12-5(13)6(10,11)4(8)9/h4H,1-2H2,(H,12,13). The number of hydrogen-bond donors (Lipinski definition) is 1. The largest absolute Gasteiger partial charge is 0.383 e. The molecule has 7 heteroatoms. The third kappa shape index (κ3) is 3.75. The number of hydrogen-bond acceptors (Lipinski definition) is 1. The van der Waals surface area contributed by atoms with Crippen LogP contribution in [0, 0.1) is 0 Å². The first-order valence-electron chi connectivity index (χ1n) is 3.06. The molecular formula is C6H6BrF4NO. The van der Waals surface area contributed by atoms with Crippen LogP contribution < -0.4 is 5.32 Å². The van der Waals surface area contributed by atoms with E-state index < -0.39 is 18.3 Å². The Labute approximate surface area is 80.1 Å². The van der Waals surface area contributed by atoms with Crippen molar-refractivity contribution in [3.05, 3.63) is 11.1 Å². The summed E-state index contributed by atoms with van der Waals surface area (Å²) >= 11 is 2.77. The minimum Gasteiger partial charge on any atom is -0.346 e. The summed E-state index contributed by atoms with van der Waals surface area (Å²) in [6.45, 7) is 2.91. The smallest absolute Gasteiger partial charge is 0.346 e. The molecule has 0 saturated heterocycles. The summed E-state index contributed by atoms with van der Waals surface area (Å²) in [6.07, 6.45) is -4.00. The van der Waals surface area contributed by atoms with Gasteiger partial charge in [0.1, 0.15) is 0 Å². The number of amides is 1. The Hall–Kier alpha value is -0.590. The normalized spacial score (nSPS) is 11.5. The highest BCUT2D eigenvalue weighted by atomic mass is 79.9. The molecule has 0 spiro atoms. The molecule has 0 aliphatic rings. The van der Waals surface area contributed by atoms with Crippen LogP contribution in [0.3, 0.4) is 0 Å². The van der Waals surface area contributed by atoms with Crippen LogP contribution in [0.2, 0.25) is 0 Å². The van der Waals surface area contributed by atoms with Gasteiger partial charge in [-0.3, -0.25) is 4.79 Å². The number of rotatable bonds is 4. The average Bonchev–Trinajstić information content (AvgIpc) is 1.99. The quantitative estimate of drug-likeness (QED) is 0.772. The van der Waals surface area contributed by atoms with Crippen LogP contribution in [0.1, 0.15) is 0 Å². The molecular weight excluding hydrogens is 258 g/mol. The fourth-order valence-electron chi connectivity index (χ4n) is 0.393. The topological polar surface area (TPSA) is 29.1 Å². The molecule has 0 bridgehead atoms. The lowest BCUT2D eigenvalue weighted by Gasteiger charge is -2.14. The summed E-state index contributed by atoms with van der Waals surface area (Å²) in [5.41, 5.74) is 0. The summed E-state index contributed by atoms with van der Waals surface area (Å²) in [4.78, 5) is 10.4. The molecule has 2 nitrogen and oxygen atoms in total. The van der Waals surface area contributed by atoms with Gasteiger partial charge in [-0.25, -0.2) is 8.78 Å². The zero-order valence-corrected chi connectivity index (χ0v) is 7.88. The van der Waals surface area contributed by atoms with E-state index in [9.17, 15) is 22.4 Å². The third-order valence-corrected chi connectivity index (χ3v) is 1.30. The van der Waals surface area contributed by atoms with Crippen LogP contribution in [0.5, 0.6) is 0 Å². The molecule has 0 saturated carbocycles. The van der Waals surface area contributed by atoms with Crippen molar-refractivity contribution in [1.29, 1.82) is 0 Å². The fourth-order valence-corrected chi connectivity index (χ4v) is 0.533. The molecule has 0 aliphatic heterocycles. The van der Waals surface area contributed by atoms with E-state index in [0.717, 1.165) is 0 Å². The van der Waals surface area contributed by atoms with Crippen molar-refractivity contribution in [3.8, 4) is 0 Å². The van der Waals surface area contributed by atoms with Crippen molar-refractivity contribution in [2.75, 3.05) is 6.54 Å². The van der Waals surface area contributed by atoms with Gasteiger partial charge in [-0.2, -0.15) is 8.78 Å². The van der Waals surface area contributed by atoms with Crippen LogP contribution in [0.4, 0.5) is 17.6 Å². The van der Waals surface area contributed by atoms with Crippen molar-refractivity contribution in [3.63, 3.8) is 0 Å². The second-order valence-electron chi connectivity index (χ2n) is 2.12. The second-order valence-corrected chi connectivity index (χ2v) is 3.25. The van der Waals surface area contributed by atoms with Gasteiger partial charge >= 0.3 is 12.3 Å². The molecule has 76 valence electrons. The Balaban J connectivity index is 4.18. The molecule has 0 atom stereocenters. The van der Waals surface area contributed by atoms with Crippen molar-refractivity contribution >= 4 is 21.8 Å². The molecule has 0 aliphatic carbocycles. The summed E-state index contributed by atoms with van der Waals surface area (Å²) < 4.78 is 47.7. The lowest BCUT2D eigenvalue weighted by molar-refractivity contribution is -0.169. The van der Waals surface area contributed by atoms with Gasteiger partial charge in [0.05, 0.1) is 0 Å². The molecule has 1 amide bonds. The monoisotopic (exact) mass is 263 g/mol. The maximum atomic E-state index is 12.2. The van der Waals surface area contributed by atoms with Gasteiger partial charge in [-0.15, -0.1) is 0 Å². The molecule has 0 radical (unpaired) electrons. The average molecular weight is 264 g/mol. The molecule has 0 rings (SSSR count). The summed E-state index contributed by atoms with van der Waals surface area (Å²) in [6, 6.07) is 0. The highest BCUT2D eigenvalue weighted by Crippen LogP contribution is 2.22. The Morgan fingerprint density at radius 3 is 2.31 bits per heavy atom. The lowest BCUT2D eigenvalue weighted by Crippen LogP contribution is -2.45. The van der Waals surface area contributed by atoms with E-state index in [-0.39, 0.29) is 11.0 Å². The van der Waals surface area contributed by atoms with Gasteiger partial charge < -0.3 is 5.32 Å². The van der Waals surface area contributed by atoms with Gasteiger partial charge in [0.25, 0.3) is 5.91 Å². The van der Waals surface area contributed by atoms with Crippen LogP contribution in [-0.4, -0.2) is 24.8 Å². The van der Waals surface area contributed by atoms with E-state index in [0.29, 0.717) is 0 Å². The van der Waals surface area contributed by atoms with E-state index in [1.807, 2.05) is 0 Å². The minimum absolute atomic E-state index is 0.214. The van der Waals surface area contributed by atoms with Gasteiger partial charge in [0.2, 0.25) is 0 Å². The predicted molar refractivity (Wildman–Crippen MR) is 42.0 cm³/mol. The van der Waals surface area contributed by atoms with Gasteiger partial charge in [0.15, 0.2) is 0 Å². The molecule has 0 aromatic carbocycles. The van der Waals surface area contributed by atoms with Crippen molar-refractivity contribution < 1.29 is 22.4 Å². The molecule has 1 N–H and O–H groups in total. The number of alkyl halides is 4. The highest BCUT2D eigenvalue weighted by molar-refractivity contribution is 9.11. The Bertz CT molecular complexity index is 219. The molecule has 0 aromatic rings. The summed E-state index contributed by atoms with van der Waals surface area (Å²) in [7, 11) is 0. The highest BCUT2D eigenvalue weighted by Gasteiger charge is 2.48. The molecule has 13 heavy (non-hydrogen) atoms. The predicted octanol–water partition coefficient (Wildman–Crippen LogP) is 1.91. The maximum Gasteiger partial charge on any atom is 0.383 e. The van der Waals surface area contributed by atoms with Crippen LogP contribution in [0.15, 0.2) is 11.1 Å². The van der Waals surface area contributed by atoms with Crippen LogP contribution >= 0.6 is 15.9 Å². The summed E-state index contributed by atoms with van der Waals surface area (Å²) in [5.74, 6) is -6.66. The van der Waals surface area contributed by atoms with Crippen molar-refractivity contribution in [1.82, 2.24) is 5.32 Å². The van der Waals surface area contributed by atoms with Gasteiger partial charge in [-0.1, -0.05) is 22.5 Å². The zero-order chi connectivity index (χ0) is 10.6. The van der Waals surface area contributed by atoms with Gasteiger partial charge in [-0.05, 0) is 0 Å². The zero-order valence-electron chi connectivity index (χ0n) is 6.29. The Morgan fingerprint density at radius 1 is 1.54 bits per heavy atom.